The maximum atomic E-state index is 5.66. The Morgan fingerprint density at radius 2 is 2.00 bits per heavy atom. The van der Waals surface area contributed by atoms with E-state index in [-0.39, 0.29) is 6.10 Å². The maximum absolute atomic E-state index is 5.66. The van der Waals surface area contributed by atoms with Crippen molar-refractivity contribution in [2.45, 2.75) is 44.1 Å². The van der Waals surface area contributed by atoms with Gasteiger partial charge in [0, 0.05) is 11.4 Å². The minimum Gasteiger partial charge on any atom is -0.488 e. The van der Waals surface area contributed by atoms with Crippen molar-refractivity contribution in [2.24, 2.45) is 0 Å². The second-order valence-corrected chi connectivity index (χ2v) is 5.21. The van der Waals surface area contributed by atoms with Gasteiger partial charge in [-0.25, -0.2) is 4.98 Å². The first kappa shape index (κ1) is 11.4. The summed E-state index contributed by atoms with van der Waals surface area (Å²) in [6, 6.07) is 3.87. The number of ether oxygens (including phenoxy) is 1. The van der Waals surface area contributed by atoms with E-state index < -0.39 is 0 Å². The quantitative estimate of drug-likeness (QED) is 0.713. The molecule has 2 nitrogen and oxygen atoms in total. The first-order valence-electron chi connectivity index (χ1n) is 4.88. The van der Waals surface area contributed by atoms with E-state index in [9.17, 15) is 0 Å². The predicted octanol–water partition coefficient (Wildman–Crippen LogP) is 3.37. The molecule has 1 aromatic heterocycles. The van der Waals surface area contributed by atoms with Crippen LogP contribution in [0.4, 0.5) is 0 Å². The van der Waals surface area contributed by atoms with Crippen LogP contribution < -0.4 is 4.74 Å². The lowest BCUT2D eigenvalue weighted by molar-refractivity contribution is 0.234. The Morgan fingerprint density at radius 3 is 2.57 bits per heavy atom. The topological polar surface area (TPSA) is 22.1 Å². The number of pyridine rings is 1. The van der Waals surface area contributed by atoms with Crippen molar-refractivity contribution >= 4 is 11.8 Å². The van der Waals surface area contributed by atoms with Crippen molar-refractivity contribution in [1.29, 1.82) is 0 Å². The summed E-state index contributed by atoms with van der Waals surface area (Å²) in [4.78, 5) is 4.31. The molecule has 0 spiro atoms. The molecule has 78 valence electrons. The first-order chi connectivity index (χ1) is 6.59. The first-order valence-corrected chi connectivity index (χ1v) is 5.76. The molecule has 1 rings (SSSR count). The van der Waals surface area contributed by atoms with E-state index in [4.69, 9.17) is 4.74 Å². The number of hydrogen-bond acceptors (Lipinski definition) is 3. The molecular formula is C11H17NOS. The monoisotopic (exact) mass is 211 g/mol. The molecule has 0 fully saturated rings. The van der Waals surface area contributed by atoms with Crippen molar-refractivity contribution in [3.05, 3.63) is 18.3 Å². The van der Waals surface area contributed by atoms with Crippen LogP contribution in [-0.4, -0.2) is 16.3 Å². The average molecular weight is 211 g/mol. The van der Waals surface area contributed by atoms with Gasteiger partial charge in [-0.2, -0.15) is 0 Å². The summed E-state index contributed by atoms with van der Waals surface area (Å²) in [7, 11) is 0. The zero-order valence-corrected chi connectivity index (χ0v) is 9.97. The van der Waals surface area contributed by atoms with Crippen LogP contribution in [0.2, 0.25) is 0 Å². The van der Waals surface area contributed by atoms with Crippen LogP contribution in [-0.2, 0) is 0 Å². The van der Waals surface area contributed by atoms with Crippen LogP contribution in [0.5, 0.6) is 5.75 Å². The third kappa shape index (κ3) is 3.58. The van der Waals surface area contributed by atoms with Crippen LogP contribution in [0.1, 0.15) is 27.7 Å². The summed E-state index contributed by atoms with van der Waals surface area (Å²) in [6.45, 7) is 8.35. The third-order valence-corrected chi connectivity index (χ3v) is 2.45. The van der Waals surface area contributed by atoms with Crippen molar-refractivity contribution in [3.8, 4) is 5.75 Å². The Morgan fingerprint density at radius 1 is 1.29 bits per heavy atom. The van der Waals surface area contributed by atoms with Crippen LogP contribution in [0.25, 0.3) is 0 Å². The largest absolute Gasteiger partial charge is 0.488 e. The molecule has 0 amide bonds. The maximum Gasteiger partial charge on any atom is 0.151 e. The third-order valence-electron chi connectivity index (χ3n) is 1.45. The van der Waals surface area contributed by atoms with Crippen LogP contribution in [0.15, 0.2) is 23.4 Å². The fourth-order valence-corrected chi connectivity index (χ4v) is 1.83. The van der Waals surface area contributed by atoms with E-state index in [0.29, 0.717) is 5.25 Å². The molecule has 0 radical (unpaired) electrons. The predicted molar refractivity (Wildman–Crippen MR) is 61.0 cm³/mol. The molecule has 0 N–H and O–H groups in total. The Hall–Kier alpha value is -0.700. The zero-order chi connectivity index (χ0) is 10.6. The number of rotatable bonds is 4. The fourth-order valence-electron chi connectivity index (χ4n) is 1.03. The number of nitrogens with zero attached hydrogens (tertiary/aromatic N) is 1. The Balaban J connectivity index is 2.80. The molecule has 0 saturated heterocycles. The molecule has 0 saturated carbocycles. The fraction of sp³-hybridized carbons (Fsp3) is 0.545. The molecule has 14 heavy (non-hydrogen) atoms. The van der Waals surface area contributed by atoms with Gasteiger partial charge in [0.15, 0.2) is 5.75 Å². The zero-order valence-electron chi connectivity index (χ0n) is 9.15. The molecule has 0 aliphatic rings. The van der Waals surface area contributed by atoms with Gasteiger partial charge in [0.25, 0.3) is 0 Å². The highest BCUT2D eigenvalue weighted by Crippen LogP contribution is 2.30. The van der Waals surface area contributed by atoms with E-state index in [1.807, 2.05) is 26.0 Å². The minimum absolute atomic E-state index is 0.200. The number of hydrogen-bond donors (Lipinski definition) is 0. The molecule has 0 aliphatic heterocycles. The van der Waals surface area contributed by atoms with Gasteiger partial charge in [0.2, 0.25) is 0 Å². The smallest absolute Gasteiger partial charge is 0.151 e. The highest BCUT2D eigenvalue weighted by molar-refractivity contribution is 7.99. The van der Waals surface area contributed by atoms with Crippen LogP contribution in [0, 0.1) is 0 Å². The Kier molecular flexibility index (Phi) is 4.26. The van der Waals surface area contributed by atoms with Gasteiger partial charge in [0.1, 0.15) is 5.03 Å². The van der Waals surface area contributed by atoms with E-state index in [1.165, 1.54) is 0 Å². The average Bonchev–Trinajstić information content (AvgIpc) is 2.06. The highest BCUT2D eigenvalue weighted by atomic mass is 32.2. The van der Waals surface area contributed by atoms with Gasteiger partial charge in [-0.05, 0) is 26.0 Å². The van der Waals surface area contributed by atoms with E-state index in [2.05, 4.69) is 18.8 Å². The lowest BCUT2D eigenvalue weighted by Gasteiger charge is -2.13. The van der Waals surface area contributed by atoms with Crippen molar-refractivity contribution < 1.29 is 4.74 Å². The second-order valence-electron chi connectivity index (χ2n) is 3.64. The number of aromatic nitrogens is 1. The Labute approximate surface area is 90.1 Å². The van der Waals surface area contributed by atoms with Gasteiger partial charge in [-0.15, -0.1) is 0 Å². The summed E-state index contributed by atoms with van der Waals surface area (Å²) in [6.07, 6.45) is 2.00. The van der Waals surface area contributed by atoms with Gasteiger partial charge in [-0.1, -0.05) is 25.6 Å². The molecule has 1 heterocycles. The van der Waals surface area contributed by atoms with Gasteiger partial charge < -0.3 is 4.74 Å². The normalized spacial score (nSPS) is 11.0. The summed E-state index contributed by atoms with van der Waals surface area (Å²) in [5, 5.41) is 1.51. The lowest BCUT2D eigenvalue weighted by Crippen LogP contribution is -2.07. The van der Waals surface area contributed by atoms with Crippen LogP contribution in [0.3, 0.4) is 0 Å². The van der Waals surface area contributed by atoms with E-state index in [0.717, 1.165) is 10.8 Å². The van der Waals surface area contributed by atoms with Crippen LogP contribution >= 0.6 is 11.8 Å². The molecule has 0 unspecified atom stereocenters. The summed E-state index contributed by atoms with van der Waals surface area (Å²) in [5.41, 5.74) is 0. The van der Waals surface area contributed by atoms with Crippen molar-refractivity contribution in [3.63, 3.8) is 0 Å². The molecule has 0 aromatic carbocycles. The summed E-state index contributed by atoms with van der Waals surface area (Å²) in [5.74, 6) is 0.890. The summed E-state index contributed by atoms with van der Waals surface area (Å²) < 4.78 is 5.66. The molecule has 3 heteroatoms. The molecule has 0 aliphatic carbocycles. The second kappa shape index (κ2) is 5.25. The van der Waals surface area contributed by atoms with E-state index in [1.54, 1.807) is 18.0 Å². The van der Waals surface area contributed by atoms with Gasteiger partial charge >= 0.3 is 0 Å². The molecule has 1 aromatic rings. The summed E-state index contributed by atoms with van der Waals surface area (Å²) >= 11 is 1.73. The molecule has 0 atom stereocenters. The molecular weight excluding hydrogens is 194 g/mol. The highest BCUT2D eigenvalue weighted by Gasteiger charge is 2.08. The van der Waals surface area contributed by atoms with Gasteiger partial charge in [-0.3, -0.25) is 0 Å². The molecule has 0 bridgehead atoms. The van der Waals surface area contributed by atoms with E-state index >= 15 is 0 Å². The standard InChI is InChI=1S/C11H17NOS/c1-8(2)13-10-6-5-7-12-11(10)14-9(3)4/h5-9H,1-4H3. The van der Waals surface area contributed by atoms with Crippen molar-refractivity contribution in [1.82, 2.24) is 4.98 Å². The number of thioether (sulfide) groups is 1. The minimum atomic E-state index is 0.200. The van der Waals surface area contributed by atoms with Crippen molar-refractivity contribution in [2.75, 3.05) is 0 Å². The lowest BCUT2D eigenvalue weighted by atomic mass is 10.4. The SMILES string of the molecule is CC(C)Oc1cccnc1SC(C)C. The van der Waals surface area contributed by atoms with Gasteiger partial charge in [0.05, 0.1) is 6.10 Å². The Bertz CT molecular complexity index is 257.